The monoisotopic (exact) mass is 337 g/mol. The highest BCUT2D eigenvalue weighted by Gasteiger charge is 2.16. The van der Waals surface area contributed by atoms with Crippen molar-refractivity contribution in [3.05, 3.63) is 59.9 Å². The van der Waals surface area contributed by atoms with Crippen molar-refractivity contribution in [1.82, 2.24) is 14.9 Å². The standard InChI is InChI=1S/C20H23N3O2/c1-4-25-16-11-9-15(10-12-16)13-19(24)21-14(2)20-22-17-7-5-6-8-18(17)23(20)3/h5-12,14H,4,13H2,1-3H3,(H,21,24)/t14-/m0/s1. The number of hydrogen-bond acceptors (Lipinski definition) is 3. The average molecular weight is 337 g/mol. The molecule has 2 aromatic carbocycles. The number of benzene rings is 2. The van der Waals surface area contributed by atoms with Crippen molar-refractivity contribution in [1.29, 1.82) is 0 Å². The summed E-state index contributed by atoms with van der Waals surface area (Å²) in [7, 11) is 1.97. The number of para-hydroxylation sites is 2. The minimum Gasteiger partial charge on any atom is -0.494 e. The predicted octanol–water partition coefficient (Wildman–Crippen LogP) is 3.39. The van der Waals surface area contributed by atoms with Gasteiger partial charge < -0.3 is 14.6 Å². The molecule has 5 nitrogen and oxygen atoms in total. The Bertz CT molecular complexity index is 868. The van der Waals surface area contributed by atoms with Gasteiger partial charge in [0.2, 0.25) is 5.91 Å². The number of imidazole rings is 1. The van der Waals surface area contributed by atoms with Crippen LogP contribution in [0, 0.1) is 0 Å². The van der Waals surface area contributed by atoms with Gasteiger partial charge in [-0.25, -0.2) is 4.98 Å². The number of nitrogens with zero attached hydrogens (tertiary/aromatic N) is 2. The van der Waals surface area contributed by atoms with E-state index < -0.39 is 0 Å². The van der Waals surface area contributed by atoms with E-state index in [2.05, 4.69) is 10.3 Å². The van der Waals surface area contributed by atoms with Crippen molar-refractivity contribution in [3.63, 3.8) is 0 Å². The van der Waals surface area contributed by atoms with Crippen molar-refractivity contribution in [2.24, 2.45) is 7.05 Å². The zero-order chi connectivity index (χ0) is 17.8. The van der Waals surface area contributed by atoms with E-state index in [4.69, 9.17) is 4.74 Å². The number of fused-ring (bicyclic) bond motifs is 1. The number of ether oxygens (including phenoxy) is 1. The van der Waals surface area contributed by atoms with Crippen molar-refractivity contribution < 1.29 is 9.53 Å². The Kier molecular flexibility index (Phi) is 5.03. The van der Waals surface area contributed by atoms with Crippen LogP contribution in [0.3, 0.4) is 0 Å². The van der Waals surface area contributed by atoms with E-state index in [0.29, 0.717) is 13.0 Å². The highest BCUT2D eigenvalue weighted by Crippen LogP contribution is 2.19. The summed E-state index contributed by atoms with van der Waals surface area (Å²) >= 11 is 0. The van der Waals surface area contributed by atoms with E-state index in [-0.39, 0.29) is 11.9 Å². The van der Waals surface area contributed by atoms with Gasteiger partial charge in [0.1, 0.15) is 11.6 Å². The Morgan fingerprint density at radius 2 is 1.92 bits per heavy atom. The average Bonchev–Trinajstić information content (AvgIpc) is 2.94. The molecule has 0 bridgehead atoms. The fraction of sp³-hybridized carbons (Fsp3) is 0.300. The maximum Gasteiger partial charge on any atom is 0.224 e. The number of carbonyl (C=O) groups excluding carboxylic acids is 1. The van der Waals surface area contributed by atoms with Gasteiger partial charge in [0, 0.05) is 7.05 Å². The molecule has 0 unspecified atom stereocenters. The van der Waals surface area contributed by atoms with Gasteiger partial charge in [-0.2, -0.15) is 0 Å². The smallest absolute Gasteiger partial charge is 0.224 e. The lowest BCUT2D eigenvalue weighted by molar-refractivity contribution is -0.121. The Balaban J connectivity index is 1.66. The summed E-state index contributed by atoms with van der Waals surface area (Å²) in [5.41, 5.74) is 2.95. The first-order valence-corrected chi connectivity index (χ1v) is 8.51. The number of amides is 1. The SMILES string of the molecule is CCOc1ccc(CC(=O)N[C@@H](C)c2nc3ccccc3n2C)cc1. The van der Waals surface area contributed by atoms with Crippen molar-refractivity contribution >= 4 is 16.9 Å². The van der Waals surface area contributed by atoms with E-state index >= 15 is 0 Å². The Labute approximate surface area is 147 Å². The summed E-state index contributed by atoms with van der Waals surface area (Å²) in [5.74, 6) is 1.64. The van der Waals surface area contributed by atoms with Crippen LogP contribution < -0.4 is 10.1 Å². The summed E-state index contributed by atoms with van der Waals surface area (Å²) in [6.07, 6.45) is 0.334. The minimum absolute atomic E-state index is 0.0243. The van der Waals surface area contributed by atoms with Gasteiger partial charge in [-0.15, -0.1) is 0 Å². The second-order valence-electron chi connectivity index (χ2n) is 6.06. The fourth-order valence-corrected chi connectivity index (χ4v) is 2.96. The topological polar surface area (TPSA) is 56.1 Å². The van der Waals surface area contributed by atoms with Gasteiger partial charge in [-0.3, -0.25) is 4.79 Å². The molecular weight excluding hydrogens is 314 g/mol. The zero-order valence-corrected chi connectivity index (χ0v) is 14.8. The number of aromatic nitrogens is 2. The van der Waals surface area contributed by atoms with Gasteiger partial charge in [0.15, 0.2) is 0 Å². The molecular formula is C20H23N3O2. The second kappa shape index (κ2) is 7.38. The molecule has 3 aromatic rings. The van der Waals surface area contributed by atoms with Crippen LogP contribution in [0.1, 0.15) is 31.3 Å². The van der Waals surface area contributed by atoms with E-state index in [9.17, 15) is 4.79 Å². The quantitative estimate of drug-likeness (QED) is 0.750. The Hall–Kier alpha value is -2.82. The maximum absolute atomic E-state index is 12.4. The summed E-state index contributed by atoms with van der Waals surface area (Å²) in [4.78, 5) is 17.0. The normalized spacial score (nSPS) is 12.1. The van der Waals surface area contributed by atoms with Crippen LogP contribution in [0.5, 0.6) is 5.75 Å². The molecule has 0 saturated carbocycles. The fourth-order valence-electron chi connectivity index (χ4n) is 2.96. The first kappa shape index (κ1) is 17.0. The predicted molar refractivity (Wildman–Crippen MR) is 98.6 cm³/mol. The van der Waals surface area contributed by atoms with Crippen LogP contribution in [0.25, 0.3) is 11.0 Å². The lowest BCUT2D eigenvalue weighted by Gasteiger charge is -2.14. The van der Waals surface area contributed by atoms with Gasteiger partial charge in [-0.05, 0) is 43.7 Å². The van der Waals surface area contributed by atoms with E-state index in [1.54, 1.807) is 0 Å². The molecule has 1 atom stereocenters. The molecule has 0 radical (unpaired) electrons. The van der Waals surface area contributed by atoms with Gasteiger partial charge in [0.25, 0.3) is 0 Å². The lowest BCUT2D eigenvalue weighted by Crippen LogP contribution is -2.29. The molecule has 1 aromatic heterocycles. The lowest BCUT2D eigenvalue weighted by atomic mass is 10.1. The van der Waals surface area contributed by atoms with Crippen molar-refractivity contribution in [2.45, 2.75) is 26.3 Å². The first-order valence-electron chi connectivity index (χ1n) is 8.51. The summed E-state index contributed by atoms with van der Waals surface area (Å²) < 4.78 is 7.44. The van der Waals surface area contributed by atoms with Crippen LogP contribution in [0.4, 0.5) is 0 Å². The number of nitrogens with one attached hydrogen (secondary N) is 1. The molecule has 0 saturated heterocycles. The van der Waals surface area contributed by atoms with Crippen LogP contribution >= 0.6 is 0 Å². The number of rotatable bonds is 6. The largest absolute Gasteiger partial charge is 0.494 e. The third-order valence-corrected chi connectivity index (χ3v) is 4.19. The molecule has 130 valence electrons. The second-order valence-corrected chi connectivity index (χ2v) is 6.06. The van der Waals surface area contributed by atoms with Gasteiger partial charge >= 0.3 is 0 Å². The number of hydrogen-bond donors (Lipinski definition) is 1. The summed E-state index contributed by atoms with van der Waals surface area (Å²) in [6, 6.07) is 15.4. The highest BCUT2D eigenvalue weighted by molar-refractivity contribution is 5.79. The number of aryl methyl sites for hydroxylation is 1. The first-order chi connectivity index (χ1) is 12.1. The van der Waals surface area contributed by atoms with Gasteiger partial charge in [-0.1, -0.05) is 24.3 Å². The molecule has 0 spiro atoms. The molecule has 3 rings (SSSR count). The summed E-state index contributed by atoms with van der Waals surface area (Å²) in [5, 5.41) is 3.03. The van der Waals surface area contributed by atoms with Crippen molar-refractivity contribution in [2.75, 3.05) is 6.61 Å². The van der Waals surface area contributed by atoms with Crippen LogP contribution in [-0.4, -0.2) is 22.1 Å². The molecule has 25 heavy (non-hydrogen) atoms. The Morgan fingerprint density at radius 1 is 1.20 bits per heavy atom. The highest BCUT2D eigenvalue weighted by atomic mass is 16.5. The van der Waals surface area contributed by atoms with Crippen LogP contribution in [0.2, 0.25) is 0 Å². The molecule has 0 aliphatic rings. The molecule has 1 N–H and O–H groups in total. The van der Waals surface area contributed by atoms with E-state index in [1.807, 2.05) is 74.0 Å². The van der Waals surface area contributed by atoms with Crippen LogP contribution in [-0.2, 0) is 18.3 Å². The molecule has 0 fully saturated rings. The minimum atomic E-state index is -0.160. The van der Waals surface area contributed by atoms with Crippen LogP contribution in [0.15, 0.2) is 48.5 Å². The number of carbonyl (C=O) groups is 1. The summed E-state index contributed by atoms with van der Waals surface area (Å²) in [6.45, 7) is 4.54. The Morgan fingerprint density at radius 3 is 2.60 bits per heavy atom. The molecule has 5 heteroatoms. The third kappa shape index (κ3) is 3.82. The molecule has 1 heterocycles. The molecule has 1 amide bonds. The zero-order valence-electron chi connectivity index (χ0n) is 14.8. The maximum atomic E-state index is 12.4. The third-order valence-electron chi connectivity index (χ3n) is 4.19. The van der Waals surface area contributed by atoms with Gasteiger partial charge in [0.05, 0.1) is 30.1 Å². The van der Waals surface area contributed by atoms with Crippen molar-refractivity contribution in [3.8, 4) is 5.75 Å². The molecule has 0 aliphatic heterocycles. The van der Waals surface area contributed by atoms with E-state index in [0.717, 1.165) is 28.2 Å². The molecule has 0 aliphatic carbocycles. The van der Waals surface area contributed by atoms with E-state index in [1.165, 1.54) is 0 Å².